The van der Waals surface area contributed by atoms with Gasteiger partial charge >= 0.3 is 11.9 Å². The van der Waals surface area contributed by atoms with Crippen LogP contribution < -0.4 is 4.74 Å². The maximum Gasteiger partial charge on any atom is 0.306 e. The number of carbonyl (C=O) groups excluding carboxylic acids is 2. The van der Waals surface area contributed by atoms with Gasteiger partial charge in [0.15, 0.2) is 0 Å². The van der Waals surface area contributed by atoms with Crippen molar-refractivity contribution in [3.8, 4) is 11.5 Å². The van der Waals surface area contributed by atoms with Gasteiger partial charge in [-0.1, -0.05) is 44.2 Å². The van der Waals surface area contributed by atoms with Crippen LogP contribution in [0.25, 0.3) is 0 Å². The zero-order chi connectivity index (χ0) is 19.6. The number of para-hydroxylation sites is 1. The third kappa shape index (κ3) is 7.52. The molecule has 1 unspecified atom stereocenters. The van der Waals surface area contributed by atoms with Crippen molar-refractivity contribution in [1.82, 2.24) is 0 Å². The van der Waals surface area contributed by atoms with Crippen LogP contribution in [-0.4, -0.2) is 18.0 Å². The first-order valence-corrected chi connectivity index (χ1v) is 9.11. The summed E-state index contributed by atoms with van der Waals surface area (Å²) in [5, 5.41) is 0. The number of ether oxygens (including phenoxy) is 3. The number of hydrogen-bond acceptors (Lipinski definition) is 5. The number of esters is 2. The summed E-state index contributed by atoms with van der Waals surface area (Å²) in [6, 6.07) is 16.8. The second kappa shape index (κ2) is 10.4. The van der Waals surface area contributed by atoms with E-state index < -0.39 is 5.97 Å². The molecule has 5 nitrogen and oxygen atoms in total. The van der Waals surface area contributed by atoms with Crippen LogP contribution in [0.15, 0.2) is 54.6 Å². The summed E-state index contributed by atoms with van der Waals surface area (Å²) in [4.78, 5) is 23.6. The summed E-state index contributed by atoms with van der Waals surface area (Å²) in [6.45, 7) is 5.91. The van der Waals surface area contributed by atoms with Gasteiger partial charge in [0.1, 0.15) is 24.2 Å². The molecule has 144 valence electrons. The monoisotopic (exact) mass is 370 g/mol. The first-order chi connectivity index (χ1) is 12.9. The van der Waals surface area contributed by atoms with E-state index in [-0.39, 0.29) is 37.4 Å². The molecular formula is C22H26O5. The highest BCUT2D eigenvalue weighted by Gasteiger charge is 2.15. The van der Waals surface area contributed by atoms with Crippen LogP contribution in [0.5, 0.6) is 11.5 Å². The van der Waals surface area contributed by atoms with Crippen molar-refractivity contribution in [3.63, 3.8) is 0 Å². The molecule has 0 saturated carbocycles. The molecule has 0 aliphatic carbocycles. The van der Waals surface area contributed by atoms with Gasteiger partial charge in [-0.2, -0.15) is 0 Å². The van der Waals surface area contributed by atoms with Crippen molar-refractivity contribution in [3.05, 3.63) is 60.2 Å². The Morgan fingerprint density at radius 3 is 2.22 bits per heavy atom. The normalized spacial score (nSPS) is 11.7. The van der Waals surface area contributed by atoms with E-state index in [1.165, 1.54) is 0 Å². The molecule has 0 bridgehead atoms. The first-order valence-electron chi connectivity index (χ1n) is 9.11. The third-order valence-electron chi connectivity index (χ3n) is 4.07. The van der Waals surface area contributed by atoms with Gasteiger partial charge < -0.3 is 14.2 Å². The van der Waals surface area contributed by atoms with E-state index in [2.05, 4.69) is 0 Å². The SMILES string of the molecule is CC(C)C(C)OC(=O)CCC(=O)OCc1cccc(Oc2ccccc2)c1. The van der Waals surface area contributed by atoms with Crippen molar-refractivity contribution in [2.45, 2.75) is 46.3 Å². The Kier molecular flexibility index (Phi) is 7.86. The van der Waals surface area contributed by atoms with E-state index in [4.69, 9.17) is 14.2 Å². The Bertz CT molecular complexity index is 739. The molecule has 0 saturated heterocycles. The molecule has 27 heavy (non-hydrogen) atoms. The van der Waals surface area contributed by atoms with Crippen LogP contribution >= 0.6 is 0 Å². The summed E-state index contributed by atoms with van der Waals surface area (Å²) in [7, 11) is 0. The molecule has 0 aliphatic heterocycles. The zero-order valence-corrected chi connectivity index (χ0v) is 16.0. The molecule has 2 rings (SSSR count). The molecule has 0 amide bonds. The van der Waals surface area contributed by atoms with Crippen LogP contribution in [0.3, 0.4) is 0 Å². The quantitative estimate of drug-likeness (QED) is 0.588. The summed E-state index contributed by atoms with van der Waals surface area (Å²) in [5.41, 5.74) is 0.813. The zero-order valence-electron chi connectivity index (χ0n) is 16.0. The second-order valence-electron chi connectivity index (χ2n) is 6.66. The van der Waals surface area contributed by atoms with E-state index in [0.29, 0.717) is 5.75 Å². The smallest absolute Gasteiger partial charge is 0.306 e. The van der Waals surface area contributed by atoms with Crippen LogP contribution in [0.4, 0.5) is 0 Å². The summed E-state index contributed by atoms with van der Waals surface area (Å²) >= 11 is 0. The minimum absolute atomic E-state index is 0.00382. The Balaban J connectivity index is 1.76. The summed E-state index contributed by atoms with van der Waals surface area (Å²) in [6.07, 6.45) is -0.141. The molecular weight excluding hydrogens is 344 g/mol. The minimum atomic E-state index is -0.432. The highest BCUT2D eigenvalue weighted by molar-refractivity contribution is 5.77. The molecule has 5 heteroatoms. The maximum atomic E-state index is 11.9. The molecule has 0 spiro atoms. The fourth-order valence-corrected chi connectivity index (χ4v) is 2.17. The van der Waals surface area contributed by atoms with Crippen LogP contribution in [0.1, 0.15) is 39.2 Å². The lowest BCUT2D eigenvalue weighted by atomic mass is 10.1. The van der Waals surface area contributed by atoms with Crippen molar-refractivity contribution in [1.29, 1.82) is 0 Å². The highest BCUT2D eigenvalue weighted by Crippen LogP contribution is 2.22. The van der Waals surface area contributed by atoms with E-state index in [1.807, 2.05) is 75.4 Å². The number of benzene rings is 2. The van der Waals surface area contributed by atoms with Gasteiger partial charge in [-0.05, 0) is 42.7 Å². The largest absolute Gasteiger partial charge is 0.462 e. The number of carbonyl (C=O) groups is 2. The van der Waals surface area contributed by atoms with Gasteiger partial charge in [0.05, 0.1) is 12.8 Å². The van der Waals surface area contributed by atoms with Crippen molar-refractivity contribution >= 4 is 11.9 Å². The fourth-order valence-electron chi connectivity index (χ4n) is 2.17. The van der Waals surface area contributed by atoms with Crippen LogP contribution in [0, 0.1) is 5.92 Å². The standard InChI is InChI=1S/C22H26O5/c1-16(2)17(3)26-22(24)13-12-21(23)25-15-18-8-7-11-20(14-18)27-19-9-5-4-6-10-19/h4-11,14,16-17H,12-13,15H2,1-3H3. The van der Waals surface area contributed by atoms with Gasteiger partial charge in [-0.25, -0.2) is 0 Å². The van der Waals surface area contributed by atoms with Gasteiger partial charge in [0.2, 0.25) is 0 Å². The Morgan fingerprint density at radius 1 is 0.852 bits per heavy atom. The fraction of sp³-hybridized carbons (Fsp3) is 0.364. The van der Waals surface area contributed by atoms with E-state index in [0.717, 1.165) is 11.3 Å². The third-order valence-corrected chi connectivity index (χ3v) is 4.07. The number of hydrogen-bond donors (Lipinski definition) is 0. The Labute approximate surface area is 160 Å². The molecule has 0 radical (unpaired) electrons. The predicted octanol–water partition coefficient (Wildman–Crippen LogP) is 4.89. The maximum absolute atomic E-state index is 11.9. The molecule has 0 aliphatic rings. The summed E-state index contributed by atoms with van der Waals surface area (Å²) in [5.74, 6) is 0.831. The van der Waals surface area contributed by atoms with Gasteiger partial charge in [0, 0.05) is 0 Å². The van der Waals surface area contributed by atoms with Gasteiger partial charge in [-0.15, -0.1) is 0 Å². The average Bonchev–Trinajstić information content (AvgIpc) is 2.65. The molecule has 0 aromatic heterocycles. The topological polar surface area (TPSA) is 61.8 Å². The lowest BCUT2D eigenvalue weighted by molar-refractivity contribution is -0.154. The van der Waals surface area contributed by atoms with Crippen LogP contribution in [-0.2, 0) is 25.7 Å². The highest BCUT2D eigenvalue weighted by atomic mass is 16.5. The Hall–Kier alpha value is -2.82. The van der Waals surface area contributed by atoms with Crippen molar-refractivity contribution in [2.75, 3.05) is 0 Å². The molecule has 1 atom stereocenters. The minimum Gasteiger partial charge on any atom is -0.462 e. The Morgan fingerprint density at radius 2 is 1.52 bits per heavy atom. The van der Waals surface area contributed by atoms with E-state index in [1.54, 1.807) is 0 Å². The summed E-state index contributed by atoms with van der Waals surface area (Å²) < 4.78 is 16.2. The molecule has 2 aromatic carbocycles. The van der Waals surface area contributed by atoms with E-state index in [9.17, 15) is 9.59 Å². The van der Waals surface area contributed by atoms with Gasteiger partial charge in [-0.3, -0.25) is 9.59 Å². The second-order valence-corrected chi connectivity index (χ2v) is 6.66. The molecule has 0 fully saturated rings. The first kappa shape index (κ1) is 20.5. The van der Waals surface area contributed by atoms with E-state index >= 15 is 0 Å². The predicted molar refractivity (Wildman–Crippen MR) is 102 cm³/mol. The number of rotatable bonds is 9. The lowest BCUT2D eigenvalue weighted by Gasteiger charge is -2.16. The van der Waals surface area contributed by atoms with Crippen LogP contribution in [0.2, 0.25) is 0 Å². The molecule has 0 N–H and O–H groups in total. The van der Waals surface area contributed by atoms with Gasteiger partial charge in [0.25, 0.3) is 0 Å². The lowest BCUT2D eigenvalue weighted by Crippen LogP contribution is -2.20. The molecule has 2 aromatic rings. The molecule has 0 heterocycles. The van der Waals surface area contributed by atoms with Crippen molar-refractivity contribution < 1.29 is 23.8 Å². The van der Waals surface area contributed by atoms with Crippen molar-refractivity contribution in [2.24, 2.45) is 5.92 Å². The average molecular weight is 370 g/mol.